The van der Waals surface area contributed by atoms with Gasteiger partial charge in [-0.1, -0.05) is 0 Å². The lowest BCUT2D eigenvalue weighted by atomic mass is 10.3. The molecule has 0 aromatic carbocycles. The average Bonchev–Trinajstić information content (AvgIpc) is 3.10. The van der Waals surface area contributed by atoms with Crippen LogP contribution in [-0.2, 0) is 11.3 Å². The Morgan fingerprint density at radius 2 is 1.85 bits per heavy atom. The smallest absolute Gasteiger partial charge is 0.225 e. The maximum Gasteiger partial charge on any atom is 0.225 e. The molecule has 0 atom stereocenters. The predicted molar refractivity (Wildman–Crippen MR) is 98.4 cm³/mol. The highest BCUT2D eigenvalue weighted by Gasteiger charge is 2.23. The monoisotopic (exact) mass is 354 g/mol. The first-order valence-corrected chi connectivity index (χ1v) is 8.70. The second kappa shape index (κ2) is 7.20. The fraction of sp³-hybridized carbons (Fsp3) is 0.471. The van der Waals surface area contributed by atoms with Gasteiger partial charge in [0.05, 0.1) is 12.9 Å². The molecule has 1 aliphatic rings. The quantitative estimate of drug-likeness (QED) is 0.668. The summed E-state index contributed by atoms with van der Waals surface area (Å²) in [5, 5.41) is 0. The average molecular weight is 354 g/mol. The summed E-state index contributed by atoms with van der Waals surface area (Å²) in [5.41, 5.74) is 2.66. The van der Waals surface area contributed by atoms with Crippen LogP contribution >= 0.6 is 0 Å². The molecule has 0 unspecified atom stereocenters. The third-order valence-corrected chi connectivity index (χ3v) is 4.56. The van der Waals surface area contributed by atoms with Crippen LogP contribution in [0.4, 0.5) is 11.8 Å². The molecule has 26 heavy (non-hydrogen) atoms. The molecule has 9 heteroatoms. The number of piperazine rings is 1. The molecule has 3 aromatic heterocycles. The Hall–Kier alpha value is -2.81. The van der Waals surface area contributed by atoms with Crippen molar-refractivity contribution in [1.82, 2.24) is 29.5 Å². The molecule has 136 valence electrons. The minimum Gasteiger partial charge on any atom is -0.383 e. The van der Waals surface area contributed by atoms with Crippen LogP contribution in [0.5, 0.6) is 0 Å². The lowest BCUT2D eigenvalue weighted by Crippen LogP contribution is -2.47. The first-order chi connectivity index (χ1) is 12.8. The lowest BCUT2D eigenvalue weighted by molar-refractivity contribution is 0.188. The minimum absolute atomic E-state index is 0.625. The van der Waals surface area contributed by atoms with Gasteiger partial charge >= 0.3 is 0 Å². The number of ether oxygens (including phenoxy) is 1. The fourth-order valence-corrected chi connectivity index (χ4v) is 3.16. The number of aryl methyl sites for hydroxylation is 1. The molecule has 0 radical (unpaired) electrons. The van der Waals surface area contributed by atoms with Gasteiger partial charge < -0.3 is 19.1 Å². The van der Waals surface area contributed by atoms with Crippen molar-refractivity contribution in [3.05, 3.63) is 30.6 Å². The van der Waals surface area contributed by atoms with Crippen molar-refractivity contribution in [2.24, 2.45) is 0 Å². The van der Waals surface area contributed by atoms with Crippen LogP contribution < -0.4 is 9.80 Å². The Bertz CT molecular complexity index is 887. The van der Waals surface area contributed by atoms with Gasteiger partial charge in [-0.25, -0.2) is 24.9 Å². The van der Waals surface area contributed by atoms with E-state index in [0.717, 1.165) is 61.3 Å². The van der Waals surface area contributed by atoms with Crippen molar-refractivity contribution in [3.8, 4) is 0 Å². The fourth-order valence-electron chi connectivity index (χ4n) is 3.16. The Labute approximate surface area is 151 Å². The van der Waals surface area contributed by atoms with Gasteiger partial charge in [0, 0.05) is 51.7 Å². The molecule has 0 N–H and O–H groups in total. The summed E-state index contributed by atoms with van der Waals surface area (Å²) >= 11 is 0. The van der Waals surface area contributed by atoms with E-state index >= 15 is 0 Å². The van der Waals surface area contributed by atoms with Gasteiger partial charge in [0.1, 0.15) is 6.33 Å². The number of imidazole rings is 1. The molecule has 9 nitrogen and oxygen atoms in total. The molecule has 1 aliphatic heterocycles. The topological polar surface area (TPSA) is 85.1 Å². The predicted octanol–water partition coefficient (Wildman–Crippen LogP) is 0.898. The molecule has 1 saturated heterocycles. The molecule has 4 heterocycles. The third kappa shape index (κ3) is 3.17. The highest BCUT2D eigenvalue weighted by molar-refractivity contribution is 5.83. The van der Waals surface area contributed by atoms with Gasteiger partial charge in [0.25, 0.3) is 0 Å². The third-order valence-electron chi connectivity index (χ3n) is 4.56. The zero-order chi connectivity index (χ0) is 17.9. The molecule has 0 bridgehead atoms. The van der Waals surface area contributed by atoms with Crippen LogP contribution in [-0.4, -0.2) is 69.4 Å². The summed E-state index contributed by atoms with van der Waals surface area (Å²) in [5.74, 6) is 1.68. The van der Waals surface area contributed by atoms with E-state index in [1.165, 1.54) is 0 Å². The second-order valence-corrected chi connectivity index (χ2v) is 6.27. The van der Waals surface area contributed by atoms with E-state index in [2.05, 4.69) is 34.7 Å². The van der Waals surface area contributed by atoms with Crippen molar-refractivity contribution in [1.29, 1.82) is 0 Å². The van der Waals surface area contributed by atoms with E-state index in [0.29, 0.717) is 6.61 Å². The van der Waals surface area contributed by atoms with E-state index in [4.69, 9.17) is 4.74 Å². The van der Waals surface area contributed by atoms with Crippen molar-refractivity contribution in [3.63, 3.8) is 0 Å². The SMILES string of the molecule is COCCn1cnc2c(N3CCN(c4nccc(C)n4)CC3)ncnc21. The molecule has 1 fully saturated rings. The highest BCUT2D eigenvalue weighted by Crippen LogP contribution is 2.23. The molecular weight excluding hydrogens is 332 g/mol. The number of anilines is 2. The number of hydrogen-bond donors (Lipinski definition) is 0. The minimum atomic E-state index is 0.625. The van der Waals surface area contributed by atoms with Crippen LogP contribution in [0.1, 0.15) is 5.69 Å². The number of hydrogen-bond acceptors (Lipinski definition) is 8. The molecule has 0 saturated carbocycles. The van der Waals surface area contributed by atoms with Crippen LogP contribution in [0.2, 0.25) is 0 Å². The normalized spacial score (nSPS) is 15.0. The summed E-state index contributed by atoms with van der Waals surface area (Å²) < 4.78 is 7.15. The van der Waals surface area contributed by atoms with E-state index in [1.807, 2.05) is 23.8 Å². The number of rotatable bonds is 5. The summed E-state index contributed by atoms with van der Waals surface area (Å²) in [6.07, 6.45) is 5.22. The highest BCUT2D eigenvalue weighted by atomic mass is 16.5. The van der Waals surface area contributed by atoms with E-state index < -0.39 is 0 Å². The van der Waals surface area contributed by atoms with Gasteiger partial charge in [-0.3, -0.25) is 0 Å². The molecule has 0 amide bonds. The van der Waals surface area contributed by atoms with E-state index in [9.17, 15) is 0 Å². The summed E-state index contributed by atoms with van der Waals surface area (Å²) in [4.78, 5) is 26.8. The van der Waals surface area contributed by atoms with Gasteiger partial charge in [0.2, 0.25) is 5.95 Å². The van der Waals surface area contributed by atoms with Crippen LogP contribution in [0, 0.1) is 6.92 Å². The zero-order valence-corrected chi connectivity index (χ0v) is 15.0. The van der Waals surface area contributed by atoms with Gasteiger partial charge in [-0.15, -0.1) is 0 Å². The van der Waals surface area contributed by atoms with Gasteiger partial charge in [-0.05, 0) is 13.0 Å². The van der Waals surface area contributed by atoms with E-state index in [-0.39, 0.29) is 0 Å². The second-order valence-electron chi connectivity index (χ2n) is 6.27. The molecule has 4 rings (SSSR count). The van der Waals surface area contributed by atoms with Crippen LogP contribution in [0.15, 0.2) is 24.9 Å². The first-order valence-electron chi connectivity index (χ1n) is 8.70. The maximum absolute atomic E-state index is 5.15. The molecule has 0 spiro atoms. The van der Waals surface area contributed by atoms with E-state index in [1.54, 1.807) is 19.8 Å². The maximum atomic E-state index is 5.15. The first kappa shape index (κ1) is 16.6. The molecule has 3 aromatic rings. The largest absolute Gasteiger partial charge is 0.383 e. The Morgan fingerprint density at radius 1 is 1.04 bits per heavy atom. The number of methoxy groups -OCH3 is 1. The Balaban J connectivity index is 1.51. The van der Waals surface area contributed by atoms with Crippen molar-refractivity contribution >= 4 is 22.9 Å². The van der Waals surface area contributed by atoms with Crippen LogP contribution in [0.25, 0.3) is 11.2 Å². The molecular formula is C17H22N8O. The Kier molecular flexibility index (Phi) is 4.61. The summed E-state index contributed by atoms with van der Waals surface area (Å²) in [6, 6.07) is 1.91. The number of fused-ring (bicyclic) bond motifs is 1. The number of aromatic nitrogens is 6. The summed E-state index contributed by atoms with van der Waals surface area (Å²) in [7, 11) is 1.69. The zero-order valence-electron chi connectivity index (χ0n) is 15.0. The summed E-state index contributed by atoms with van der Waals surface area (Å²) in [6.45, 7) is 6.71. The van der Waals surface area contributed by atoms with Crippen molar-refractivity contribution < 1.29 is 4.74 Å². The Morgan fingerprint density at radius 3 is 2.62 bits per heavy atom. The van der Waals surface area contributed by atoms with Gasteiger partial charge in [-0.2, -0.15) is 0 Å². The standard InChI is InChI=1S/C17H22N8O/c1-13-3-4-18-17(22-13)24-7-5-23(6-8-24)15-14-16(20-11-19-15)25(12-21-14)9-10-26-2/h3-4,11-12H,5-10H2,1-2H3. The molecule has 0 aliphatic carbocycles. The van der Waals surface area contributed by atoms with Crippen molar-refractivity contribution in [2.75, 3.05) is 49.7 Å². The number of nitrogens with zero attached hydrogens (tertiary/aromatic N) is 8. The van der Waals surface area contributed by atoms with Gasteiger partial charge in [0.15, 0.2) is 17.0 Å². The lowest BCUT2D eigenvalue weighted by Gasteiger charge is -2.35. The van der Waals surface area contributed by atoms with Crippen molar-refractivity contribution in [2.45, 2.75) is 13.5 Å². The van der Waals surface area contributed by atoms with Crippen LogP contribution in [0.3, 0.4) is 0 Å².